The van der Waals surface area contributed by atoms with Crippen molar-refractivity contribution < 1.29 is 4.79 Å². The second kappa shape index (κ2) is 3.60. The maximum Gasteiger partial charge on any atom is 0.228 e. The van der Waals surface area contributed by atoms with Crippen LogP contribution >= 0.6 is 11.6 Å². The van der Waals surface area contributed by atoms with Crippen molar-refractivity contribution in [3.63, 3.8) is 0 Å². The first-order valence-electron chi connectivity index (χ1n) is 5.38. The zero-order chi connectivity index (χ0) is 12.0. The summed E-state index contributed by atoms with van der Waals surface area (Å²) in [6.45, 7) is 1.56. The standard InChI is InChI=1S/C14H10ClNO/c1-9(17)16-13-5-3-2-4-11(13)12-7-6-10(15)8-14(12)16/h2-8H,1H3. The molecule has 0 aliphatic heterocycles. The number of para-hydroxylation sites is 1. The molecule has 0 spiro atoms. The molecule has 17 heavy (non-hydrogen) atoms. The van der Waals surface area contributed by atoms with Gasteiger partial charge in [-0.3, -0.25) is 9.36 Å². The van der Waals surface area contributed by atoms with Gasteiger partial charge in [0.25, 0.3) is 0 Å². The summed E-state index contributed by atoms with van der Waals surface area (Å²) < 4.78 is 1.70. The molecule has 0 N–H and O–H groups in total. The predicted octanol–water partition coefficient (Wildman–Crippen LogP) is 4.11. The van der Waals surface area contributed by atoms with Crippen LogP contribution in [0, 0.1) is 0 Å². The maximum absolute atomic E-state index is 11.8. The summed E-state index contributed by atoms with van der Waals surface area (Å²) >= 11 is 6.00. The fourth-order valence-corrected chi connectivity index (χ4v) is 2.45. The molecule has 1 aromatic heterocycles. The molecule has 0 amide bonds. The number of aromatic nitrogens is 1. The molecule has 3 rings (SSSR count). The van der Waals surface area contributed by atoms with Gasteiger partial charge in [-0.1, -0.05) is 35.9 Å². The maximum atomic E-state index is 11.8. The second-order valence-corrected chi connectivity index (χ2v) is 4.47. The van der Waals surface area contributed by atoms with E-state index in [9.17, 15) is 4.79 Å². The van der Waals surface area contributed by atoms with Crippen molar-refractivity contribution in [1.29, 1.82) is 0 Å². The summed E-state index contributed by atoms with van der Waals surface area (Å²) in [5.74, 6) is -0.00142. The monoisotopic (exact) mass is 243 g/mol. The van der Waals surface area contributed by atoms with Crippen LogP contribution in [0.3, 0.4) is 0 Å². The third-order valence-corrected chi connectivity index (χ3v) is 3.19. The average Bonchev–Trinajstić information content (AvgIpc) is 2.62. The van der Waals surface area contributed by atoms with Crippen LogP contribution in [-0.2, 0) is 0 Å². The molecular formula is C14H10ClNO. The van der Waals surface area contributed by atoms with Crippen LogP contribution in [0.5, 0.6) is 0 Å². The van der Waals surface area contributed by atoms with Crippen molar-refractivity contribution in [2.75, 3.05) is 0 Å². The number of hydrogen-bond donors (Lipinski definition) is 0. The summed E-state index contributed by atoms with van der Waals surface area (Å²) in [5, 5.41) is 2.78. The molecule has 0 fully saturated rings. The highest BCUT2D eigenvalue weighted by Crippen LogP contribution is 2.30. The number of benzene rings is 2. The van der Waals surface area contributed by atoms with E-state index in [4.69, 9.17) is 11.6 Å². The fourth-order valence-electron chi connectivity index (χ4n) is 2.28. The summed E-state index contributed by atoms with van der Waals surface area (Å²) in [7, 11) is 0. The lowest BCUT2D eigenvalue weighted by atomic mass is 10.2. The number of fused-ring (bicyclic) bond motifs is 3. The van der Waals surface area contributed by atoms with Gasteiger partial charge in [0.1, 0.15) is 0 Å². The van der Waals surface area contributed by atoms with Crippen LogP contribution in [0.2, 0.25) is 5.02 Å². The fraction of sp³-hybridized carbons (Fsp3) is 0.0714. The Balaban J connectivity index is 2.62. The Morgan fingerprint density at radius 3 is 2.53 bits per heavy atom. The van der Waals surface area contributed by atoms with Gasteiger partial charge in [-0.05, 0) is 18.2 Å². The van der Waals surface area contributed by atoms with Crippen LogP contribution < -0.4 is 0 Å². The van der Waals surface area contributed by atoms with Crippen molar-refractivity contribution in [1.82, 2.24) is 4.57 Å². The van der Waals surface area contributed by atoms with E-state index in [0.29, 0.717) is 5.02 Å². The van der Waals surface area contributed by atoms with E-state index < -0.39 is 0 Å². The zero-order valence-electron chi connectivity index (χ0n) is 9.27. The van der Waals surface area contributed by atoms with Gasteiger partial charge in [0, 0.05) is 22.7 Å². The minimum absolute atomic E-state index is 0.00142. The first-order chi connectivity index (χ1) is 8.18. The number of carbonyl (C=O) groups excluding carboxylic acids is 1. The molecule has 0 aliphatic rings. The molecule has 0 saturated carbocycles. The van der Waals surface area contributed by atoms with E-state index in [2.05, 4.69) is 0 Å². The smallest absolute Gasteiger partial charge is 0.228 e. The SMILES string of the molecule is CC(=O)n1c2ccccc2c2ccc(Cl)cc21. The molecule has 0 saturated heterocycles. The molecule has 3 aromatic rings. The van der Waals surface area contributed by atoms with E-state index >= 15 is 0 Å². The van der Waals surface area contributed by atoms with Gasteiger partial charge >= 0.3 is 0 Å². The van der Waals surface area contributed by atoms with E-state index in [-0.39, 0.29) is 5.91 Å². The second-order valence-electron chi connectivity index (χ2n) is 4.03. The molecule has 84 valence electrons. The molecule has 0 unspecified atom stereocenters. The zero-order valence-corrected chi connectivity index (χ0v) is 10.0. The lowest BCUT2D eigenvalue weighted by Crippen LogP contribution is -2.04. The summed E-state index contributed by atoms with van der Waals surface area (Å²) in [4.78, 5) is 11.8. The van der Waals surface area contributed by atoms with Gasteiger partial charge in [0.2, 0.25) is 5.91 Å². The van der Waals surface area contributed by atoms with Crippen molar-refractivity contribution in [2.45, 2.75) is 6.92 Å². The normalized spacial score (nSPS) is 11.2. The predicted molar refractivity (Wildman–Crippen MR) is 70.8 cm³/mol. The lowest BCUT2D eigenvalue weighted by molar-refractivity contribution is 0.0946. The molecule has 0 bridgehead atoms. The first kappa shape index (κ1) is 10.4. The molecule has 0 radical (unpaired) electrons. The average molecular weight is 244 g/mol. The Morgan fingerprint density at radius 2 is 1.76 bits per heavy atom. The van der Waals surface area contributed by atoms with Crippen LogP contribution in [-0.4, -0.2) is 10.5 Å². The molecule has 0 aliphatic carbocycles. The third-order valence-electron chi connectivity index (χ3n) is 2.95. The Morgan fingerprint density at radius 1 is 1.06 bits per heavy atom. The van der Waals surface area contributed by atoms with Crippen molar-refractivity contribution in [3.05, 3.63) is 47.5 Å². The van der Waals surface area contributed by atoms with E-state index in [0.717, 1.165) is 21.8 Å². The van der Waals surface area contributed by atoms with Crippen molar-refractivity contribution in [2.24, 2.45) is 0 Å². The van der Waals surface area contributed by atoms with Gasteiger partial charge in [0.15, 0.2) is 0 Å². The van der Waals surface area contributed by atoms with Crippen LogP contribution in [0.4, 0.5) is 0 Å². The van der Waals surface area contributed by atoms with Crippen molar-refractivity contribution in [3.8, 4) is 0 Å². The minimum atomic E-state index is -0.00142. The molecule has 3 heteroatoms. The summed E-state index contributed by atoms with van der Waals surface area (Å²) in [5.41, 5.74) is 1.79. The largest absolute Gasteiger partial charge is 0.280 e. The first-order valence-corrected chi connectivity index (χ1v) is 5.76. The Bertz CT molecular complexity index is 742. The van der Waals surface area contributed by atoms with Gasteiger partial charge < -0.3 is 0 Å². The third kappa shape index (κ3) is 1.45. The Labute approximate surface area is 103 Å². The lowest BCUT2D eigenvalue weighted by Gasteiger charge is -2.01. The number of halogens is 1. The molecule has 2 nitrogen and oxygen atoms in total. The molecule has 2 aromatic carbocycles. The number of carbonyl (C=O) groups is 1. The van der Waals surface area contributed by atoms with E-state index in [1.165, 1.54) is 0 Å². The number of rotatable bonds is 0. The van der Waals surface area contributed by atoms with Crippen molar-refractivity contribution >= 4 is 39.3 Å². The molecular weight excluding hydrogens is 234 g/mol. The Kier molecular flexibility index (Phi) is 2.20. The summed E-state index contributed by atoms with van der Waals surface area (Å²) in [6, 6.07) is 13.5. The molecule has 0 atom stereocenters. The van der Waals surface area contributed by atoms with Crippen LogP contribution in [0.25, 0.3) is 21.8 Å². The van der Waals surface area contributed by atoms with Gasteiger partial charge in [-0.2, -0.15) is 0 Å². The van der Waals surface area contributed by atoms with Crippen LogP contribution in [0.15, 0.2) is 42.5 Å². The Hall–Kier alpha value is -1.80. The van der Waals surface area contributed by atoms with Gasteiger partial charge in [0.05, 0.1) is 11.0 Å². The highest BCUT2D eigenvalue weighted by Gasteiger charge is 2.12. The van der Waals surface area contributed by atoms with Gasteiger partial charge in [-0.15, -0.1) is 0 Å². The number of hydrogen-bond acceptors (Lipinski definition) is 1. The highest BCUT2D eigenvalue weighted by atomic mass is 35.5. The highest BCUT2D eigenvalue weighted by molar-refractivity contribution is 6.31. The van der Waals surface area contributed by atoms with Crippen LogP contribution in [0.1, 0.15) is 11.7 Å². The van der Waals surface area contributed by atoms with Gasteiger partial charge in [-0.25, -0.2) is 0 Å². The summed E-state index contributed by atoms with van der Waals surface area (Å²) in [6.07, 6.45) is 0. The van der Waals surface area contributed by atoms with E-state index in [1.807, 2.05) is 42.5 Å². The minimum Gasteiger partial charge on any atom is -0.280 e. The van der Waals surface area contributed by atoms with E-state index in [1.54, 1.807) is 11.5 Å². The molecule has 1 heterocycles. The topological polar surface area (TPSA) is 22.0 Å². The number of nitrogens with zero attached hydrogens (tertiary/aromatic N) is 1. The quantitative estimate of drug-likeness (QED) is 0.582.